The summed E-state index contributed by atoms with van der Waals surface area (Å²) in [7, 11) is 0. The molecule has 0 bridgehead atoms. The minimum atomic E-state index is -0.584. The summed E-state index contributed by atoms with van der Waals surface area (Å²) in [6.07, 6.45) is 1.59. The quantitative estimate of drug-likeness (QED) is 0.817. The van der Waals surface area contributed by atoms with Crippen molar-refractivity contribution in [3.05, 3.63) is 48.0 Å². The van der Waals surface area contributed by atoms with Crippen molar-refractivity contribution in [1.82, 2.24) is 10.6 Å². The maximum Gasteiger partial charge on any atom is 0.251 e. The molecule has 4 heteroatoms. The Morgan fingerprint density at radius 2 is 1.81 bits per heavy atom. The second kappa shape index (κ2) is 7.07. The highest BCUT2D eigenvalue weighted by molar-refractivity contribution is 5.97. The third-order valence-corrected chi connectivity index (χ3v) is 3.17. The Bertz CT molecular complexity index is 513. The summed E-state index contributed by atoms with van der Waals surface area (Å²) >= 11 is 0. The second-order valence-corrected chi connectivity index (χ2v) is 6.06. The van der Waals surface area contributed by atoms with Crippen molar-refractivity contribution < 1.29 is 9.59 Å². The fourth-order valence-electron chi connectivity index (χ4n) is 1.79. The molecule has 0 aromatic heterocycles. The first kappa shape index (κ1) is 17.0. The van der Waals surface area contributed by atoms with Gasteiger partial charge in [-0.2, -0.15) is 0 Å². The number of benzene rings is 1. The molecular formula is C17H24N2O2. The van der Waals surface area contributed by atoms with Gasteiger partial charge in [0.15, 0.2) is 0 Å². The van der Waals surface area contributed by atoms with Crippen molar-refractivity contribution in [1.29, 1.82) is 0 Å². The highest BCUT2D eigenvalue weighted by Crippen LogP contribution is 2.22. The third-order valence-electron chi connectivity index (χ3n) is 3.17. The normalized spacial score (nSPS) is 12.4. The minimum Gasteiger partial charge on any atom is -0.351 e. The molecule has 2 amide bonds. The van der Waals surface area contributed by atoms with E-state index in [2.05, 4.69) is 38.0 Å². The molecule has 1 rings (SSSR count). The monoisotopic (exact) mass is 288 g/mol. The van der Waals surface area contributed by atoms with Gasteiger partial charge in [0.05, 0.1) is 0 Å². The molecule has 0 radical (unpaired) electrons. The van der Waals surface area contributed by atoms with Gasteiger partial charge in [0, 0.05) is 12.1 Å². The molecule has 0 aliphatic rings. The van der Waals surface area contributed by atoms with Crippen LogP contribution in [0.1, 0.15) is 43.6 Å². The van der Waals surface area contributed by atoms with E-state index in [-0.39, 0.29) is 17.2 Å². The topological polar surface area (TPSA) is 58.2 Å². The zero-order valence-electron chi connectivity index (χ0n) is 13.2. The summed E-state index contributed by atoms with van der Waals surface area (Å²) < 4.78 is 0. The first-order chi connectivity index (χ1) is 9.75. The average molecular weight is 288 g/mol. The van der Waals surface area contributed by atoms with E-state index in [4.69, 9.17) is 0 Å². The summed E-state index contributed by atoms with van der Waals surface area (Å²) in [4.78, 5) is 23.8. The fourth-order valence-corrected chi connectivity index (χ4v) is 1.79. The van der Waals surface area contributed by atoms with Crippen molar-refractivity contribution in [3.8, 4) is 0 Å². The Balaban J connectivity index is 2.67. The predicted octanol–water partition coefficient (Wildman–Crippen LogP) is 2.40. The SMILES string of the molecule is C=CCNC(=O)C(C)NC(=O)c1ccc(C(C)(C)C)cc1. The number of carbonyl (C=O) groups is 2. The van der Waals surface area contributed by atoms with Gasteiger partial charge in [-0.1, -0.05) is 39.0 Å². The van der Waals surface area contributed by atoms with E-state index in [0.29, 0.717) is 12.1 Å². The number of hydrogen-bond acceptors (Lipinski definition) is 2. The van der Waals surface area contributed by atoms with E-state index >= 15 is 0 Å². The van der Waals surface area contributed by atoms with E-state index < -0.39 is 6.04 Å². The van der Waals surface area contributed by atoms with Gasteiger partial charge in [-0.05, 0) is 30.0 Å². The van der Waals surface area contributed by atoms with E-state index in [0.717, 1.165) is 5.56 Å². The van der Waals surface area contributed by atoms with Gasteiger partial charge in [-0.3, -0.25) is 9.59 Å². The highest BCUT2D eigenvalue weighted by atomic mass is 16.2. The maximum atomic E-state index is 12.1. The average Bonchev–Trinajstić information content (AvgIpc) is 2.43. The Morgan fingerprint density at radius 1 is 1.24 bits per heavy atom. The van der Waals surface area contributed by atoms with Crippen LogP contribution in [0.15, 0.2) is 36.9 Å². The summed E-state index contributed by atoms with van der Waals surface area (Å²) in [5, 5.41) is 5.32. The molecule has 1 atom stereocenters. The summed E-state index contributed by atoms with van der Waals surface area (Å²) in [6.45, 7) is 11.9. The number of rotatable bonds is 5. The fraction of sp³-hybridized carbons (Fsp3) is 0.412. The van der Waals surface area contributed by atoms with Gasteiger partial charge >= 0.3 is 0 Å². The Morgan fingerprint density at radius 3 is 2.29 bits per heavy atom. The lowest BCUT2D eigenvalue weighted by Gasteiger charge is -2.19. The van der Waals surface area contributed by atoms with Gasteiger partial charge < -0.3 is 10.6 Å². The van der Waals surface area contributed by atoms with E-state index in [1.807, 2.05) is 12.1 Å². The molecule has 0 spiro atoms. The van der Waals surface area contributed by atoms with Crippen LogP contribution in [0.3, 0.4) is 0 Å². The number of nitrogens with one attached hydrogen (secondary N) is 2. The molecule has 1 aromatic carbocycles. The lowest BCUT2D eigenvalue weighted by atomic mass is 9.86. The Kier molecular flexibility index (Phi) is 5.70. The number of carbonyl (C=O) groups excluding carboxylic acids is 2. The van der Waals surface area contributed by atoms with Crippen molar-refractivity contribution in [2.45, 2.75) is 39.2 Å². The van der Waals surface area contributed by atoms with Crippen LogP contribution in [0, 0.1) is 0 Å². The summed E-state index contributed by atoms with van der Waals surface area (Å²) in [5.74, 6) is -0.480. The zero-order chi connectivity index (χ0) is 16.0. The van der Waals surface area contributed by atoms with Crippen molar-refractivity contribution in [3.63, 3.8) is 0 Å². The first-order valence-corrected chi connectivity index (χ1v) is 7.05. The van der Waals surface area contributed by atoms with Crippen molar-refractivity contribution >= 4 is 11.8 Å². The van der Waals surface area contributed by atoms with Crippen LogP contribution in [-0.4, -0.2) is 24.4 Å². The largest absolute Gasteiger partial charge is 0.351 e. The first-order valence-electron chi connectivity index (χ1n) is 7.05. The molecule has 0 saturated heterocycles. The zero-order valence-corrected chi connectivity index (χ0v) is 13.2. The molecule has 21 heavy (non-hydrogen) atoms. The lowest BCUT2D eigenvalue weighted by molar-refractivity contribution is -0.122. The smallest absolute Gasteiger partial charge is 0.251 e. The number of amides is 2. The van der Waals surface area contributed by atoms with Crippen molar-refractivity contribution in [2.24, 2.45) is 0 Å². The van der Waals surface area contributed by atoms with Gasteiger partial charge in [0.25, 0.3) is 5.91 Å². The highest BCUT2D eigenvalue weighted by Gasteiger charge is 2.17. The standard InChI is InChI=1S/C17H24N2O2/c1-6-11-18-15(20)12(2)19-16(21)13-7-9-14(10-8-13)17(3,4)5/h6-10,12H,1,11H2,2-5H3,(H,18,20)(H,19,21). The van der Waals surface area contributed by atoms with E-state index in [1.165, 1.54) is 0 Å². The van der Waals surface area contributed by atoms with E-state index in [1.54, 1.807) is 25.1 Å². The molecule has 0 aliphatic heterocycles. The van der Waals surface area contributed by atoms with Gasteiger partial charge in [-0.25, -0.2) is 0 Å². The molecule has 0 saturated carbocycles. The third kappa shape index (κ3) is 5.06. The molecule has 114 valence electrons. The van der Waals surface area contributed by atoms with Crippen LogP contribution < -0.4 is 10.6 Å². The number of hydrogen-bond donors (Lipinski definition) is 2. The molecular weight excluding hydrogens is 264 g/mol. The van der Waals surface area contributed by atoms with Crippen LogP contribution in [0.25, 0.3) is 0 Å². The predicted molar refractivity (Wildman–Crippen MR) is 85.3 cm³/mol. The lowest BCUT2D eigenvalue weighted by Crippen LogP contribution is -2.44. The van der Waals surface area contributed by atoms with Crippen LogP contribution in [0.4, 0.5) is 0 Å². The Labute approximate surface area is 126 Å². The molecule has 4 nitrogen and oxygen atoms in total. The molecule has 2 N–H and O–H groups in total. The molecule has 0 fully saturated rings. The van der Waals surface area contributed by atoms with Gasteiger partial charge in [0.2, 0.25) is 5.91 Å². The van der Waals surface area contributed by atoms with Gasteiger partial charge in [-0.15, -0.1) is 6.58 Å². The summed E-state index contributed by atoms with van der Waals surface area (Å²) in [5.41, 5.74) is 1.76. The Hall–Kier alpha value is -2.10. The summed E-state index contributed by atoms with van der Waals surface area (Å²) in [6, 6.07) is 6.86. The van der Waals surface area contributed by atoms with Crippen molar-refractivity contribution in [2.75, 3.05) is 6.54 Å². The molecule has 1 aromatic rings. The molecule has 1 unspecified atom stereocenters. The molecule has 0 aliphatic carbocycles. The van der Waals surface area contributed by atoms with Gasteiger partial charge in [0.1, 0.15) is 6.04 Å². The van der Waals surface area contributed by atoms with Crippen LogP contribution in [-0.2, 0) is 10.2 Å². The minimum absolute atomic E-state index is 0.0485. The van der Waals surface area contributed by atoms with Crippen LogP contribution in [0.2, 0.25) is 0 Å². The second-order valence-electron chi connectivity index (χ2n) is 6.06. The van der Waals surface area contributed by atoms with Crippen LogP contribution in [0.5, 0.6) is 0 Å². The van der Waals surface area contributed by atoms with Crippen LogP contribution >= 0.6 is 0 Å². The van der Waals surface area contributed by atoms with E-state index in [9.17, 15) is 9.59 Å². The maximum absolute atomic E-state index is 12.1. The molecule has 0 heterocycles.